The van der Waals surface area contributed by atoms with Crippen molar-refractivity contribution in [2.24, 2.45) is 0 Å². The van der Waals surface area contributed by atoms with Gasteiger partial charge in [0, 0.05) is 12.4 Å². The monoisotopic (exact) mass is 211 g/mol. The summed E-state index contributed by atoms with van der Waals surface area (Å²) in [6.07, 6.45) is 3.89. The Bertz CT molecular complexity index is 468. The smallest absolute Gasteiger partial charge is 0.333 e. The van der Waals surface area contributed by atoms with E-state index in [1.165, 1.54) is 24.7 Å². The molecule has 5 nitrogen and oxygen atoms in total. The number of rotatable bonds is 2. The predicted molar refractivity (Wildman–Crippen MR) is 48.9 cm³/mol. The van der Waals surface area contributed by atoms with Crippen LogP contribution in [-0.2, 0) is 0 Å². The van der Waals surface area contributed by atoms with E-state index in [0.717, 1.165) is 0 Å². The second kappa shape index (κ2) is 3.60. The first-order valence-electron chi connectivity index (χ1n) is 4.08. The molecule has 0 saturated carbocycles. The van der Waals surface area contributed by atoms with E-state index in [2.05, 4.69) is 15.1 Å². The highest BCUT2D eigenvalue weighted by molar-refractivity contribution is 5.53. The van der Waals surface area contributed by atoms with Crippen molar-refractivity contribution in [1.29, 1.82) is 0 Å². The molecule has 0 fully saturated rings. The van der Waals surface area contributed by atoms with Crippen molar-refractivity contribution in [2.75, 3.05) is 5.73 Å². The molecular weight excluding hydrogens is 204 g/mol. The fraction of sp³-hybridized carbons (Fsp3) is 0.125. The van der Waals surface area contributed by atoms with Crippen molar-refractivity contribution in [3.63, 3.8) is 0 Å². The molecule has 0 atom stereocenters. The number of nitrogens with zero attached hydrogens (tertiary/aromatic N) is 4. The number of hydrogen-bond donors (Lipinski definition) is 1. The Kier molecular flexibility index (Phi) is 2.28. The molecule has 0 spiro atoms. The van der Waals surface area contributed by atoms with E-state index in [4.69, 9.17) is 5.73 Å². The first-order chi connectivity index (χ1) is 7.16. The SMILES string of the molecule is Nc1ccnc(-c2cnn(C(F)F)c2)n1. The zero-order valence-corrected chi connectivity index (χ0v) is 7.51. The van der Waals surface area contributed by atoms with E-state index < -0.39 is 6.55 Å². The Labute approximate surface area is 83.6 Å². The molecule has 2 aromatic rings. The van der Waals surface area contributed by atoms with Crippen molar-refractivity contribution < 1.29 is 8.78 Å². The number of anilines is 1. The van der Waals surface area contributed by atoms with E-state index in [9.17, 15) is 8.78 Å². The molecule has 2 heterocycles. The minimum absolute atomic E-state index is 0.280. The maximum absolute atomic E-state index is 12.2. The average molecular weight is 211 g/mol. The largest absolute Gasteiger partial charge is 0.384 e. The van der Waals surface area contributed by atoms with Gasteiger partial charge in [-0.05, 0) is 6.07 Å². The normalized spacial score (nSPS) is 10.9. The fourth-order valence-electron chi connectivity index (χ4n) is 1.07. The second-order valence-electron chi connectivity index (χ2n) is 2.79. The van der Waals surface area contributed by atoms with E-state index in [0.29, 0.717) is 10.2 Å². The first-order valence-corrected chi connectivity index (χ1v) is 4.08. The van der Waals surface area contributed by atoms with Crippen molar-refractivity contribution in [1.82, 2.24) is 19.7 Å². The molecule has 0 amide bonds. The number of alkyl halides is 2. The van der Waals surface area contributed by atoms with Gasteiger partial charge >= 0.3 is 6.55 Å². The third kappa shape index (κ3) is 1.90. The Morgan fingerprint density at radius 1 is 1.40 bits per heavy atom. The summed E-state index contributed by atoms with van der Waals surface area (Å²) >= 11 is 0. The molecule has 78 valence electrons. The van der Waals surface area contributed by atoms with Crippen molar-refractivity contribution in [2.45, 2.75) is 6.55 Å². The quantitative estimate of drug-likeness (QED) is 0.813. The van der Waals surface area contributed by atoms with Crippen LogP contribution in [0.2, 0.25) is 0 Å². The van der Waals surface area contributed by atoms with Gasteiger partial charge in [-0.1, -0.05) is 0 Å². The van der Waals surface area contributed by atoms with E-state index >= 15 is 0 Å². The maximum Gasteiger partial charge on any atom is 0.333 e. The molecule has 0 aliphatic carbocycles. The fourth-order valence-corrected chi connectivity index (χ4v) is 1.07. The van der Waals surface area contributed by atoms with Crippen LogP contribution in [-0.4, -0.2) is 19.7 Å². The number of nitrogens with two attached hydrogens (primary N) is 1. The van der Waals surface area contributed by atoms with Crippen molar-refractivity contribution >= 4 is 5.82 Å². The standard InChI is InChI=1S/C8H7F2N5/c9-8(10)15-4-5(3-13-15)7-12-2-1-6(11)14-7/h1-4,8H,(H2,11,12,14). The molecule has 0 bridgehead atoms. The molecule has 0 unspecified atom stereocenters. The van der Waals surface area contributed by atoms with Crippen LogP contribution in [0.4, 0.5) is 14.6 Å². The molecule has 2 rings (SSSR count). The van der Waals surface area contributed by atoms with Crippen LogP contribution >= 0.6 is 0 Å². The summed E-state index contributed by atoms with van der Waals surface area (Å²) in [5, 5.41) is 3.47. The van der Waals surface area contributed by atoms with Gasteiger partial charge in [0.25, 0.3) is 0 Å². The maximum atomic E-state index is 12.2. The summed E-state index contributed by atoms with van der Waals surface area (Å²) < 4.78 is 25.0. The number of nitrogen functional groups attached to an aromatic ring is 1. The van der Waals surface area contributed by atoms with Gasteiger partial charge in [0.2, 0.25) is 0 Å². The van der Waals surface area contributed by atoms with Crippen LogP contribution < -0.4 is 5.73 Å². The van der Waals surface area contributed by atoms with Gasteiger partial charge < -0.3 is 5.73 Å². The predicted octanol–water partition coefficient (Wildman–Crippen LogP) is 1.32. The Balaban J connectivity index is 2.37. The van der Waals surface area contributed by atoms with Crippen molar-refractivity contribution in [3.8, 4) is 11.4 Å². The molecule has 0 radical (unpaired) electrons. The Morgan fingerprint density at radius 3 is 2.80 bits per heavy atom. The Morgan fingerprint density at radius 2 is 2.20 bits per heavy atom. The summed E-state index contributed by atoms with van der Waals surface area (Å²) in [4.78, 5) is 7.78. The highest BCUT2D eigenvalue weighted by Gasteiger charge is 2.10. The van der Waals surface area contributed by atoms with Crippen LogP contribution in [0.3, 0.4) is 0 Å². The third-order valence-electron chi connectivity index (χ3n) is 1.74. The van der Waals surface area contributed by atoms with Gasteiger partial charge in [0.1, 0.15) is 5.82 Å². The highest BCUT2D eigenvalue weighted by atomic mass is 19.3. The summed E-state index contributed by atoms with van der Waals surface area (Å²) in [6.45, 7) is -2.67. The molecule has 0 saturated heterocycles. The van der Waals surface area contributed by atoms with Crippen LogP contribution in [0.1, 0.15) is 6.55 Å². The lowest BCUT2D eigenvalue weighted by Gasteiger charge is -1.97. The van der Waals surface area contributed by atoms with Crippen LogP contribution in [0.5, 0.6) is 0 Å². The van der Waals surface area contributed by atoms with Gasteiger partial charge in [-0.25, -0.2) is 14.6 Å². The minimum Gasteiger partial charge on any atom is -0.384 e. The number of hydrogen-bond acceptors (Lipinski definition) is 4. The lowest BCUT2D eigenvalue weighted by molar-refractivity contribution is 0.0566. The average Bonchev–Trinajstić information content (AvgIpc) is 2.66. The second-order valence-corrected chi connectivity index (χ2v) is 2.79. The molecule has 15 heavy (non-hydrogen) atoms. The molecule has 2 aromatic heterocycles. The van der Waals surface area contributed by atoms with Gasteiger partial charge in [0.15, 0.2) is 5.82 Å². The lowest BCUT2D eigenvalue weighted by Crippen LogP contribution is -1.97. The van der Waals surface area contributed by atoms with E-state index in [1.54, 1.807) is 0 Å². The van der Waals surface area contributed by atoms with Gasteiger partial charge in [0.05, 0.1) is 11.8 Å². The molecule has 7 heteroatoms. The molecule has 0 aromatic carbocycles. The highest BCUT2D eigenvalue weighted by Crippen LogP contribution is 2.17. The number of halogens is 2. The first kappa shape index (κ1) is 9.50. The van der Waals surface area contributed by atoms with Gasteiger partial charge in [-0.2, -0.15) is 13.9 Å². The summed E-state index contributed by atoms with van der Waals surface area (Å²) in [5.41, 5.74) is 5.84. The van der Waals surface area contributed by atoms with E-state index in [1.807, 2.05) is 0 Å². The third-order valence-corrected chi connectivity index (χ3v) is 1.74. The van der Waals surface area contributed by atoms with Crippen molar-refractivity contribution in [3.05, 3.63) is 24.7 Å². The number of aromatic nitrogens is 4. The van der Waals surface area contributed by atoms with Crippen LogP contribution in [0.15, 0.2) is 24.7 Å². The molecule has 0 aliphatic heterocycles. The summed E-state index contributed by atoms with van der Waals surface area (Å²) in [6, 6.07) is 1.51. The molecule has 2 N–H and O–H groups in total. The summed E-state index contributed by atoms with van der Waals surface area (Å²) in [7, 11) is 0. The van der Waals surface area contributed by atoms with Crippen LogP contribution in [0, 0.1) is 0 Å². The zero-order valence-electron chi connectivity index (χ0n) is 7.51. The minimum atomic E-state index is -2.67. The topological polar surface area (TPSA) is 69.6 Å². The Hall–Kier alpha value is -2.05. The van der Waals surface area contributed by atoms with Gasteiger partial charge in [-0.3, -0.25) is 0 Å². The van der Waals surface area contributed by atoms with Gasteiger partial charge in [-0.15, -0.1) is 0 Å². The van der Waals surface area contributed by atoms with Crippen LogP contribution in [0.25, 0.3) is 11.4 Å². The molecule has 0 aliphatic rings. The lowest BCUT2D eigenvalue weighted by atomic mass is 10.3. The van der Waals surface area contributed by atoms with E-state index in [-0.39, 0.29) is 11.6 Å². The summed E-state index contributed by atoms with van der Waals surface area (Å²) in [5.74, 6) is 0.562. The zero-order chi connectivity index (χ0) is 10.8. The molecular formula is C8H7F2N5.